The number of nitrogens with zero attached hydrogens (tertiary/aromatic N) is 2. The number of rotatable bonds is 8. The van der Waals surface area contributed by atoms with Crippen molar-refractivity contribution in [3.05, 3.63) is 10.8 Å². The highest BCUT2D eigenvalue weighted by Gasteiger charge is 2.06. The number of hydrogen-bond acceptors (Lipinski definition) is 6. The van der Waals surface area contributed by atoms with E-state index in [1.165, 1.54) is 6.33 Å². The number of hydrogen-bond donors (Lipinski definition) is 3. The number of nitrogens with one attached hydrogen (secondary N) is 2. The van der Waals surface area contributed by atoms with Gasteiger partial charge in [0, 0.05) is 13.2 Å². The van der Waals surface area contributed by atoms with Gasteiger partial charge in [-0.15, -0.1) is 0 Å². The van der Waals surface area contributed by atoms with Crippen LogP contribution in [0, 0.1) is 0 Å². The number of anilines is 2. The van der Waals surface area contributed by atoms with Crippen LogP contribution < -0.4 is 16.6 Å². The molecule has 0 aliphatic heterocycles. The van der Waals surface area contributed by atoms with Crippen molar-refractivity contribution in [2.24, 2.45) is 5.84 Å². The van der Waals surface area contributed by atoms with Crippen LogP contribution in [-0.4, -0.2) is 29.2 Å². The van der Waals surface area contributed by atoms with E-state index < -0.39 is 0 Å². The second-order valence-corrected chi connectivity index (χ2v) is 4.88. The van der Waals surface area contributed by atoms with Crippen LogP contribution in [0.4, 0.5) is 11.6 Å². The maximum absolute atomic E-state index is 5.47. The van der Waals surface area contributed by atoms with Crippen molar-refractivity contribution in [3.63, 3.8) is 0 Å². The summed E-state index contributed by atoms with van der Waals surface area (Å²) < 4.78 is 6.21. The summed E-state index contributed by atoms with van der Waals surface area (Å²) in [4.78, 5) is 8.12. The molecule has 0 atom stereocenters. The molecular weight excluding hydrogens is 298 g/mol. The van der Waals surface area contributed by atoms with Crippen molar-refractivity contribution in [3.8, 4) is 0 Å². The van der Waals surface area contributed by atoms with Crippen LogP contribution >= 0.6 is 15.9 Å². The van der Waals surface area contributed by atoms with E-state index in [1.54, 1.807) is 0 Å². The van der Waals surface area contributed by atoms with Crippen LogP contribution in [0.25, 0.3) is 0 Å². The number of aromatic nitrogens is 2. The Balaban J connectivity index is 2.27. The van der Waals surface area contributed by atoms with E-state index in [1.807, 2.05) is 13.8 Å². The molecule has 18 heavy (non-hydrogen) atoms. The Labute approximate surface area is 116 Å². The standard InChI is InChI=1S/C11H20BrN5O/c1-8(2)18-6-4-3-5-14-10-9(12)11(17-13)16-7-15-10/h7-8H,3-6,13H2,1-2H3,(H2,14,15,16,17). The molecule has 0 saturated heterocycles. The molecule has 1 aromatic heterocycles. The van der Waals surface area contributed by atoms with Gasteiger partial charge in [0.15, 0.2) is 5.82 Å². The second-order valence-electron chi connectivity index (χ2n) is 4.08. The zero-order chi connectivity index (χ0) is 13.4. The molecule has 0 radical (unpaired) electrons. The topological polar surface area (TPSA) is 85.1 Å². The van der Waals surface area contributed by atoms with Gasteiger partial charge in [0.05, 0.1) is 6.10 Å². The molecule has 1 rings (SSSR count). The Morgan fingerprint density at radius 3 is 2.72 bits per heavy atom. The highest BCUT2D eigenvalue weighted by Crippen LogP contribution is 2.25. The van der Waals surface area contributed by atoms with E-state index >= 15 is 0 Å². The van der Waals surface area contributed by atoms with E-state index in [9.17, 15) is 0 Å². The van der Waals surface area contributed by atoms with Crippen molar-refractivity contribution in [1.29, 1.82) is 0 Å². The van der Waals surface area contributed by atoms with Crippen LogP contribution in [0.1, 0.15) is 26.7 Å². The Morgan fingerprint density at radius 1 is 1.33 bits per heavy atom. The first kappa shape index (κ1) is 15.1. The largest absolute Gasteiger partial charge is 0.379 e. The number of hydrazine groups is 1. The van der Waals surface area contributed by atoms with Crippen molar-refractivity contribution in [2.45, 2.75) is 32.8 Å². The number of halogens is 1. The van der Waals surface area contributed by atoms with E-state index in [-0.39, 0.29) is 0 Å². The minimum atomic E-state index is 0.298. The Morgan fingerprint density at radius 2 is 2.06 bits per heavy atom. The zero-order valence-electron chi connectivity index (χ0n) is 10.7. The first-order valence-corrected chi connectivity index (χ1v) is 6.77. The molecule has 0 fully saturated rings. The second kappa shape index (κ2) is 8.23. The van der Waals surface area contributed by atoms with Crippen molar-refractivity contribution >= 4 is 27.6 Å². The average molecular weight is 318 g/mol. The molecule has 6 nitrogen and oxygen atoms in total. The molecule has 0 aromatic carbocycles. The summed E-state index contributed by atoms with van der Waals surface area (Å²) in [6.07, 6.45) is 3.81. The minimum Gasteiger partial charge on any atom is -0.379 e. The highest BCUT2D eigenvalue weighted by molar-refractivity contribution is 9.10. The number of nitrogen functional groups attached to an aromatic ring is 1. The Bertz CT molecular complexity index is 361. The monoisotopic (exact) mass is 317 g/mol. The van der Waals surface area contributed by atoms with Crippen LogP contribution in [0.3, 0.4) is 0 Å². The fourth-order valence-corrected chi connectivity index (χ4v) is 1.81. The van der Waals surface area contributed by atoms with E-state index in [2.05, 4.69) is 36.6 Å². The first-order chi connectivity index (χ1) is 8.65. The Kier molecular flexibility index (Phi) is 6.92. The number of unbranched alkanes of at least 4 members (excludes halogenated alkanes) is 1. The minimum absolute atomic E-state index is 0.298. The average Bonchev–Trinajstić information content (AvgIpc) is 2.35. The quantitative estimate of drug-likeness (QED) is 0.387. The summed E-state index contributed by atoms with van der Waals surface area (Å²) in [5.74, 6) is 6.63. The number of nitrogens with two attached hydrogens (primary N) is 1. The summed E-state index contributed by atoms with van der Waals surface area (Å²) in [6.45, 7) is 5.70. The molecule has 7 heteroatoms. The van der Waals surface area contributed by atoms with Gasteiger partial charge in [0.25, 0.3) is 0 Å². The lowest BCUT2D eigenvalue weighted by molar-refractivity contribution is 0.0765. The van der Waals surface area contributed by atoms with Gasteiger partial charge in [-0.3, -0.25) is 0 Å². The van der Waals surface area contributed by atoms with Gasteiger partial charge in [0.2, 0.25) is 0 Å². The van der Waals surface area contributed by atoms with Gasteiger partial charge < -0.3 is 15.5 Å². The maximum Gasteiger partial charge on any atom is 0.159 e. The molecule has 1 aromatic rings. The smallest absolute Gasteiger partial charge is 0.159 e. The van der Waals surface area contributed by atoms with Gasteiger partial charge >= 0.3 is 0 Å². The van der Waals surface area contributed by atoms with Crippen LogP contribution in [0.5, 0.6) is 0 Å². The molecule has 102 valence electrons. The predicted octanol–water partition coefficient (Wildman–Crippen LogP) is 2.14. The Hall–Kier alpha value is -0.920. The van der Waals surface area contributed by atoms with Crippen LogP contribution in [0.15, 0.2) is 10.8 Å². The van der Waals surface area contributed by atoms with Gasteiger partial charge in [-0.1, -0.05) is 0 Å². The fraction of sp³-hybridized carbons (Fsp3) is 0.636. The van der Waals surface area contributed by atoms with E-state index in [0.717, 1.165) is 36.3 Å². The molecule has 0 aliphatic rings. The molecule has 1 heterocycles. The molecular formula is C11H20BrN5O. The molecule has 0 spiro atoms. The maximum atomic E-state index is 5.47. The SMILES string of the molecule is CC(C)OCCCCNc1ncnc(NN)c1Br. The van der Waals surface area contributed by atoms with E-state index in [4.69, 9.17) is 10.6 Å². The van der Waals surface area contributed by atoms with Gasteiger partial charge in [-0.2, -0.15) is 0 Å². The van der Waals surface area contributed by atoms with Crippen molar-refractivity contribution < 1.29 is 4.74 Å². The van der Waals surface area contributed by atoms with Crippen LogP contribution in [-0.2, 0) is 4.74 Å². The third-order valence-corrected chi connectivity index (χ3v) is 2.99. The first-order valence-electron chi connectivity index (χ1n) is 5.97. The third-order valence-electron chi connectivity index (χ3n) is 2.24. The molecule has 0 bridgehead atoms. The molecule has 0 aliphatic carbocycles. The highest BCUT2D eigenvalue weighted by atomic mass is 79.9. The van der Waals surface area contributed by atoms with Crippen LogP contribution in [0.2, 0.25) is 0 Å². The lowest BCUT2D eigenvalue weighted by Crippen LogP contribution is -2.12. The third kappa shape index (κ3) is 5.16. The summed E-state index contributed by atoms with van der Waals surface area (Å²) in [5.41, 5.74) is 2.50. The zero-order valence-corrected chi connectivity index (χ0v) is 12.3. The van der Waals surface area contributed by atoms with Crippen molar-refractivity contribution in [1.82, 2.24) is 9.97 Å². The summed E-state index contributed by atoms with van der Waals surface area (Å²) >= 11 is 3.39. The van der Waals surface area contributed by atoms with Gasteiger partial charge in [0.1, 0.15) is 16.6 Å². The summed E-state index contributed by atoms with van der Waals surface area (Å²) in [6, 6.07) is 0. The summed E-state index contributed by atoms with van der Waals surface area (Å²) in [5, 5.41) is 3.23. The van der Waals surface area contributed by atoms with Crippen molar-refractivity contribution in [2.75, 3.05) is 23.9 Å². The fourth-order valence-electron chi connectivity index (χ4n) is 1.35. The molecule has 0 amide bonds. The van der Waals surface area contributed by atoms with E-state index in [0.29, 0.717) is 11.9 Å². The predicted molar refractivity (Wildman–Crippen MR) is 76.4 cm³/mol. The lowest BCUT2D eigenvalue weighted by Gasteiger charge is -2.10. The molecule has 0 unspecified atom stereocenters. The van der Waals surface area contributed by atoms with Gasteiger partial charge in [-0.25, -0.2) is 15.8 Å². The molecule has 0 saturated carbocycles. The number of ether oxygens (including phenoxy) is 1. The normalized spacial score (nSPS) is 10.7. The van der Waals surface area contributed by atoms with Gasteiger partial charge in [-0.05, 0) is 42.6 Å². The molecule has 4 N–H and O–H groups in total. The lowest BCUT2D eigenvalue weighted by atomic mass is 10.3. The summed E-state index contributed by atoms with van der Waals surface area (Å²) in [7, 11) is 0.